The fourth-order valence-corrected chi connectivity index (χ4v) is 3.95. The Morgan fingerprint density at radius 3 is 2.47 bits per heavy atom. The van der Waals surface area contributed by atoms with E-state index in [4.69, 9.17) is 0 Å². The molecule has 1 fully saturated rings. The normalized spacial score (nSPS) is 13.5. The minimum Gasteiger partial charge on any atom is -0.357 e. The molecule has 2 heterocycles. The number of nitrogens with one attached hydrogen (secondary N) is 1. The zero-order chi connectivity index (χ0) is 20.3. The number of carbonyl (C=O) groups is 1. The summed E-state index contributed by atoms with van der Waals surface area (Å²) in [6, 6.07) is 23.5. The summed E-state index contributed by atoms with van der Waals surface area (Å²) in [6.07, 6.45) is 4.03. The number of nitrogens with zero attached hydrogens (tertiary/aromatic N) is 3. The predicted molar refractivity (Wildman–Crippen MR) is 121 cm³/mol. The Morgan fingerprint density at radius 2 is 1.63 bits per heavy atom. The molecule has 1 saturated heterocycles. The molecule has 148 valence electrons. The van der Waals surface area contributed by atoms with Gasteiger partial charge in [0.25, 0.3) is 5.91 Å². The van der Waals surface area contributed by atoms with Crippen molar-refractivity contribution in [1.82, 2.24) is 9.97 Å². The number of anilines is 2. The third-order valence-electron chi connectivity index (χ3n) is 5.56. The molecule has 1 aromatic heterocycles. The molecule has 4 aromatic rings. The van der Waals surface area contributed by atoms with E-state index in [1.807, 2.05) is 72.8 Å². The van der Waals surface area contributed by atoms with Gasteiger partial charge >= 0.3 is 0 Å². The lowest BCUT2D eigenvalue weighted by Gasteiger charge is -2.16. The summed E-state index contributed by atoms with van der Waals surface area (Å²) in [5.41, 5.74) is 3.27. The monoisotopic (exact) mass is 394 g/mol. The van der Waals surface area contributed by atoms with Gasteiger partial charge in [-0.3, -0.25) is 4.79 Å². The van der Waals surface area contributed by atoms with Crippen molar-refractivity contribution in [3.8, 4) is 11.3 Å². The SMILES string of the molecule is O=C(Nc1cccc2ccccc12)c1ccc(-c2cc(N3CCCC3)ncn2)cc1. The van der Waals surface area contributed by atoms with Gasteiger partial charge in [0.1, 0.15) is 12.1 Å². The summed E-state index contributed by atoms with van der Waals surface area (Å²) in [6.45, 7) is 2.09. The number of rotatable bonds is 4. The molecule has 5 nitrogen and oxygen atoms in total. The summed E-state index contributed by atoms with van der Waals surface area (Å²) >= 11 is 0. The number of amides is 1. The van der Waals surface area contributed by atoms with Crippen LogP contribution in [0.4, 0.5) is 11.5 Å². The maximum absolute atomic E-state index is 12.8. The zero-order valence-corrected chi connectivity index (χ0v) is 16.6. The van der Waals surface area contributed by atoms with Crippen molar-refractivity contribution < 1.29 is 4.79 Å². The van der Waals surface area contributed by atoms with Gasteiger partial charge in [0.2, 0.25) is 0 Å². The molecule has 5 rings (SSSR count). The highest BCUT2D eigenvalue weighted by Gasteiger charge is 2.15. The fourth-order valence-electron chi connectivity index (χ4n) is 3.95. The first-order chi connectivity index (χ1) is 14.8. The van der Waals surface area contributed by atoms with Crippen LogP contribution in [0, 0.1) is 0 Å². The average Bonchev–Trinajstić information content (AvgIpc) is 3.35. The number of hydrogen-bond acceptors (Lipinski definition) is 4. The molecular formula is C25H22N4O. The molecule has 0 radical (unpaired) electrons. The van der Waals surface area contributed by atoms with E-state index in [0.29, 0.717) is 5.56 Å². The molecule has 1 N–H and O–H groups in total. The highest BCUT2D eigenvalue weighted by atomic mass is 16.1. The van der Waals surface area contributed by atoms with Crippen LogP contribution < -0.4 is 10.2 Å². The molecule has 0 atom stereocenters. The van der Waals surface area contributed by atoms with Crippen LogP contribution in [-0.2, 0) is 0 Å². The number of carbonyl (C=O) groups excluding carboxylic acids is 1. The lowest BCUT2D eigenvalue weighted by molar-refractivity contribution is 0.102. The van der Waals surface area contributed by atoms with Crippen LogP contribution in [0.25, 0.3) is 22.0 Å². The van der Waals surface area contributed by atoms with Gasteiger partial charge in [0, 0.05) is 41.4 Å². The van der Waals surface area contributed by atoms with Crippen LogP contribution >= 0.6 is 0 Å². The molecule has 3 aromatic carbocycles. The molecule has 0 saturated carbocycles. The van der Waals surface area contributed by atoms with Gasteiger partial charge in [-0.1, -0.05) is 48.5 Å². The predicted octanol–water partition coefficient (Wildman–Crippen LogP) is 5.15. The van der Waals surface area contributed by atoms with Crippen molar-refractivity contribution in [2.75, 3.05) is 23.3 Å². The second-order valence-corrected chi connectivity index (χ2v) is 7.51. The molecule has 1 aliphatic heterocycles. The topological polar surface area (TPSA) is 58.1 Å². The second-order valence-electron chi connectivity index (χ2n) is 7.51. The van der Waals surface area contributed by atoms with Gasteiger partial charge in [-0.25, -0.2) is 9.97 Å². The highest BCUT2D eigenvalue weighted by Crippen LogP contribution is 2.25. The van der Waals surface area contributed by atoms with E-state index in [-0.39, 0.29) is 5.91 Å². The summed E-state index contributed by atoms with van der Waals surface area (Å²) in [5.74, 6) is 0.841. The van der Waals surface area contributed by atoms with Crippen LogP contribution in [0.2, 0.25) is 0 Å². The van der Waals surface area contributed by atoms with E-state index in [1.54, 1.807) is 6.33 Å². The Hall–Kier alpha value is -3.73. The van der Waals surface area contributed by atoms with Gasteiger partial charge in [0.05, 0.1) is 5.69 Å². The first-order valence-electron chi connectivity index (χ1n) is 10.2. The highest BCUT2D eigenvalue weighted by molar-refractivity contribution is 6.09. The largest absolute Gasteiger partial charge is 0.357 e. The van der Waals surface area contributed by atoms with Gasteiger partial charge in [-0.2, -0.15) is 0 Å². The Labute approximate surface area is 175 Å². The van der Waals surface area contributed by atoms with E-state index in [1.165, 1.54) is 12.8 Å². The maximum Gasteiger partial charge on any atom is 0.255 e. The summed E-state index contributed by atoms with van der Waals surface area (Å²) < 4.78 is 0. The van der Waals surface area contributed by atoms with Crippen molar-refractivity contribution >= 4 is 28.2 Å². The van der Waals surface area contributed by atoms with Crippen LogP contribution in [0.1, 0.15) is 23.2 Å². The third-order valence-corrected chi connectivity index (χ3v) is 5.56. The molecule has 30 heavy (non-hydrogen) atoms. The van der Waals surface area contributed by atoms with Crippen molar-refractivity contribution in [3.63, 3.8) is 0 Å². The fraction of sp³-hybridized carbons (Fsp3) is 0.160. The van der Waals surface area contributed by atoms with E-state index in [9.17, 15) is 4.79 Å². The standard InChI is InChI=1S/C25H22N4O/c30-25(28-22-9-5-7-18-6-1-2-8-21(18)22)20-12-10-19(11-13-20)23-16-24(27-17-26-23)29-14-3-4-15-29/h1-2,5-13,16-17H,3-4,14-15H2,(H,28,30). The van der Waals surface area contributed by atoms with Gasteiger partial charge < -0.3 is 10.2 Å². The Bertz CT molecular complexity index is 1190. The van der Waals surface area contributed by atoms with Crippen LogP contribution in [0.15, 0.2) is 79.1 Å². The summed E-state index contributed by atoms with van der Waals surface area (Å²) in [5, 5.41) is 5.16. The molecule has 0 bridgehead atoms. The van der Waals surface area contributed by atoms with E-state index in [2.05, 4.69) is 20.2 Å². The van der Waals surface area contributed by atoms with Crippen molar-refractivity contribution in [1.29, 1.82) is 0 Å². The minimum atomic E-state index is -0.127. The number of aromatic nitrogens is 2. The Balaban J connectivity index is 1.36. The molecule has 1 aliphatic rings. The first kappa shape index (κ1) is 18.3. The molecule has 1 amide bonds. The molecule has 0 aliphatic carbocycles. The van der Waals surface area contributed by atoms with Crippen molar-refractivity contribution in [3.05, 3.63) is 84.7 Å². The number of benzene rings is 3. The number of fused-ring (bicyclic) bond motifs is 1. The number of hydrogen-bond donors (Lipinski definition) is 1. The first-order valence-corrected chi connectivity index (χ1v) is 10.2. The van der Waals surface area contributed by atoms with Gasteiger partial charge in [0.15, 0.2) is 0 Å². The molecule has 5 heteroatoms. The van der Waals surface area contributed by atoms with E-state index < -0.39 is 0 Å². The van der Waals surface area contributed by atoms with Crippen molar-refractivity contribution in [2.24, 2.45) is 0 Å². The van der Waals surface area contributed by atoms with Crippen LogP contribution in [0.3, 0.4) is 0 Å². The second kappa shape index (κ2) is 7.95. The van der Waals surface area contributed by atoms with Crippen LogP contribution in [-0.4, -0.2) is 29.0 Å². The minimum absolute atomic E-state index is 0.127. The summed E-state index contributed by atoms with van der Waals surface area (Å²) in [7, 11) is 0. The molecular weight excluding hydrogens is 372 g/mol. The Morgan fingerprint density at radius 1 is 0.867 bits per heavy atom. The van der Waals surface area contributed by atoms with Crippen LogP contribution in [0.5, 0.6) is 0 Å². The lowest BCUT2D eigenvalue weighted by atomic mass is 10.1. The smallest absolute Gasteiger partial charge is 0.255 e. The average molecular weight is 394 g/mol. The Kier molecular flexibility index (Phi) is 4.85. The van der Waals surface area contributed by atoms with Crippen molar-refractivity contribution in [2.45, 2.75) is 12.8 Å². The molecule has 0 spiro atoms. The van der Waals surface area contributed by atoms with E-state index in [0.717, 1.165) is 46.6 Å². The quantitative estimate of drug-likeness (QED) is 0.520. The zero-order valence-electron chi connectivity index (χ0n) is 16.6. The molecule has 0 unspecified atom stereocenters. The lowest BCUT2D eigenvalue weighted by Crippen LogP contribution is -2.19. The maximum atomic E-state index is 12.8. The van der Waals surface area contributed by atoms with Gasteiger partial charge in [-0.05, 0) is 36.4 Å². The van der Waals surface area contributed by atoms with E-state index >= 15 is 0 Å². The van der Waals surface area contributed by atoms with Gasteiger partial charge in [-0.15, -0.1) is 0 Å². The summed E-state index contributed by atoms with van der Waals surface area (Å²) in [4.78, 5) is 23.9. The third kappa shape index (κ3) is 3.62.